The third kappa shape index (κ3) is 2.67. The second kappa shape index (κ2) is 5.51. The van der Waals surface area contributed by atoms with Crippen LogP contribution in [0.5, 0.6) is 0 Å². The first-order valence-corrected chi connectivity index (χ1v) is 6.48. The summed E-state index contributed by atoms with van der Waals surface area (Å²) in [6, 6.07) is 0. The molecule has 2 aromatic heterocycles. The molecule has 0 fully saturated rings. The zero-order chi connectivity index (χ0) is 15.8. The lowest BCUT2D eigenvalue weighted by molar-refractivity contribution is -0.141. The summed E-state index contributed by atoms with van der Waals surface area (Å²) < 4.78 is 45.3. The van der Waals surface area contributed by atoms with Crippen LogP contribution < -0.4 is 0 Å². The Morgan fingerprint density at radius 3 is 2.62 bits per heavy atom. The Morgan fingerprint density at radius 2 is 2.10 bits per heavy atom. The average Bonchev–Trinajstić information content (AvgIpc) is 2.81. The van der Waals surface area contributed by atoms with E-state index in [1.807, 2.05) is 0 Å². The molecule has 0 atom stereocenters. The summed E-state index contributed by atoms with van der Waals surface area (Å²) in [6.07, 6.45) is -3.56. The van der Waals surface area contributed by atoms with E-state index in [-0.39, 0.29) is 22.7 Å². The summed E-state index contributed by atoms with van der Waals surface area (Å²) in [7, 11) is 0. The number of carbonyl (C=O) groups excluding carboxylic acids is 1. The summed E-state index contributed by atoms with van der Waals surface area (Å²) in [6.45, 7) is 3.44. The molecule has 9 heteroatoms. The number of aryl methyl sites for hydroxylation is 1. The predicted octanol–water partition coefficient (Wildman–Crippen LogP) is 3.30. The number of esters is 1. The van der Waals surface area contributed by atoms with E-state index in [2.05, 4.69) is 14.8 Å². The minimum atomic E-state index is -4.83. The van der Waals surface area contributed by atoms with Crippen LogP contribution in [0, 0.1) is 0 Å². The summed E-state index contributed by atoms with van der Waals surface area (Å²) in [4.78, 5) is 15.3. The maximum Gasteiger partial charge on any atom is 0.434 e. The first-order valence-electron chi connectivity index (χ1n) is 6.10. The first-order chi connectivity index (χ1) is 9.81. The Balaban J connectivity index is 2.81. The molecule has 0 aromatic carbocycles. The molecule has 0 saturated carbocycles. The molecule has 0 saturated heterocycles. The fraction of sp³-hybridized carbons (Fsp3) is 0.417. The molecule has 0 radical (unpaired) electrons. The maximum atomic E-state index is 13.1. The van der Waals surface area contributed by atoms with E-state index in [9.17, 15) is 18.0 Å². The Kier molecular flexibility index (Phi) is 4.08. The minimum absolute atomic E-state index is 0.0251. The number of fused-ring (bicyclic) bond motifs is 1. The monoisotopic (exact) mass is 321 g/mol. The van der Waals surface area contributed by atoms with Crippen LogP contribution in [0.1, 0.15) is 29.9 Å². The van der Waals surface area contributed by atoms with E-state index >= 15 is 0 Å². The van der Waals surface area contributed by atoms with Gasteiger partial charge in [-0.05, 0) is 13.8 Å². The highest BCUT2D eigenvalue weighted by molar-refractivity contribution is 6.38. The molecule has 21 heavy (non-hydrogen) atoms. The highest BCUT2D eigenvalue weighted by Gasteiger charge is 2.40. The van der Waals surface area contributed by atoms with Crippen molar-refractivity contribution >= 4 is 28.6 Å². The molecule has 0 unspecified atom stereocenters. The summed E-state index contributed by atoms with van der Waals surface area (Å²) in [5.74, 6) is -1.16. The molecule has 0 N–H and O–H groups in total. The Morgan fingerprint density at radius 1 is 1.43 bits per heavy atom. The van der Waals surface area contributed by atoms with Crippen molar-refractivity contribution in [3.63, 3.8) is 0 Å². The van der Waals surface area contributed by atoms with Crippen molar-refractivity contribution in [3.05, 3.63) is 22.5 Å². The molecule has 5 nitrogen and oxygen atoms in total. The second-order valence-corrected chi connectivity index (χ2v) is 4.44. The summed E-state index contributed by atoms with van der Waals surface area (Å²) >= 11 is 5.96. The van der Waals surface area contributed by atoms with E-state index in [0.29, 0.717) is 6.54 Å². The fourth-order valence-electron chi connectivity index (χ4n) is 1.88. The molecule has 2 rings (SSSR count). The van der Waals surface area contributed by atoms with Gasteiger partial charge in [-0.2, -0.15) is 18.3 Å². The Hall–Kier alpha value is -1.83. The minimum Gasteiger partial charge on any atom is -0.462 e. The van der Waals surface area contributed by atoms with E-state index in [4.69, 9.17) is 11.6 Å². The van der Waals surface area contributed by atoms with Crippen molar-refractivity contribution in [2.24, 2.45) is 0 Å². The third-order valence-electron chi connectivity index (χ3n) is 2.77. The lowest BCUT2D eigenvalue weighted by Gasteiger charge is -2.13. The van der Waals surface area contributed by atoms with Gasteiger partial charge < -0.3 is 4.74 Å². The molecular formula is C12H11ClF3N3O2. The number of hydrogen-bond donors (Lipinski definition) is 0. The zero-order valence-electron chi connectivity index (χ0n) is 11.2. The molecular weight excluding hydrogens is 311 g/mol. The van der Waals surface area contributed by atoms with E-state index < -0.39 is 23.4 Å². The van der Waals surface area contributed by atoms with Crippen molar-refractivity contribution in [1.82, 2.24) is 14.8 Å². The molecule has 2 heterocycles. The molecule has 0 aliphatic carbocycles. The largest absolute Gasteiger partial charge is 0.462 e. The van der Waals surface area contributed by atoms with Gasteiger partial charge in [0.2, 0.25) is 0 Å². The summed E-state index contributed by atoms with van der Waals surface area (Å²) in [5, 5.41) is 3.71. The fourth-order valence-corrected chi connectivity index (χ4v) is 2.18. The van der Waals surface area contributed by atoms with Crippen molar-refractivity contribution in [3.8, 4) is 0 Å². The highest BCUT2D eigenvalue weighted by Crippen LogP contribution is 2.37. The molecule has 0 aliphatic heterocycles. The van der Waals surface area contributed by atoms with Crippen LogP contribution in [0.3, 0.4) is 0 Å². The van der Waals surface area contributed by atoms with Crippen LogP contribution in [0.4, 0.5) is 13.2 Å². The van der Waals surface area contributed by atoms with Gasteiger partial charge in [-0.25, -0.2) is 14.5 Å². The number of hydrogen-bond acceptors (Lipinski definition) is 4. The van der Waals surface area contributed by atoms with Gasteiger partial charge in [0, 0.05) is 6.54 Å². The normalized spacial score (nSPS) is 11.9. The maximum absolute atomic E-state index is 13.1. The van der Waals surface area contributed by atoms with Crippen LogP contribution in [0.25, 0.3) is 11.0 Å². The van der Waals surface area contributed by atoms with Crippen molar-refractivity contribution in [2.45, 2.75) is 26.6 Å². The van der Waals surface area contributed by atoms with Crippen LogP contribution in [0.15, 0.2) is 6.20 Å². The lowest BCUT2D eigenvalue weighted by atomic mass is 10.1. The summed E-state index contributed by atoms with van der Waals surface area (Å²) in [5.41, 5.74) is -2.18. The second-order valence-electron chi connectivity index (χ2n) is 4.07. The standard InChI is InChI=1S/C12H11ClF3N3O2/c1-3-19-10-6(5-17-19)8(13)7(11(20)21-4-2)9(18-10)12(14,15)16/h5H,3-4H2,1-2H3. The topological polar surface area (TPSA) is 57.0 Å². The molecule has 0 spiro atoms. The van der Waals surface area contributed by atoms with Crippen molar-refractivity contribution < 1.29 is 22.7 Å². The number of pyridine rings is 1. The number of carbonyl (C=O) groups is 1. The van der Waals surface area contributed by atoms with Crippen LogP contribution in [-0.2, 0) is 17.5 Å². The Bertz CT molecular complexity index is 697. The van der Waals surface area contributed by atoms with Gasteiger partial charge in [-0.1, -0.05) is 11.6 Å². The van der Waals surface area contributed by atoms with E-state index in [1.54, 1.807) is 6.92 Å². The van der Waals surface area contributed by atoms with Crippen LogP contribution in [-0.4, -0.2) is 27.3 Å². The number of halogens is 4. The number of alkyl halides is 3. The average molecular weight is 322 g/mol. The zero-order valence-corrected chi connectivity index (χ0v) is 11.9. The SMILES string of the molecule is CCOC(=O)c1c(C(F)(F)F)nc2c(cnn2CC)c1Cl. The molecule has 114 valence electrons. The van der Waals surface area contributed by atoms with Crippen LogP contribution >= 0.6 is 11.6 Å². The number of ether oxygens (including phenoxy) is 1. The van der Waals surface area contributed by atoms with Gasteiger partial charge in [0.05, 0.1) is 23.2 Å². The number of rotatable bonds is 3. The first kappa shape index (κ1) is 15.6. The van der Waals surface area contributed by atoms with Gasteiger partial charge in [0.25, 0.3) is 0 Å². The van der Waals surface area contributed by atoms with E-state index in [1.165, 1.54) is 17.8 Å². The van der Waals surface area contributed by atoms with Gasteiger partial charge in [-0.15, -0.1) is 0 Å². The highest BCUT2D eigenvalue weighted by atomic mass is 35.5. The third-order valence-corrected chi connectivity index (χ3v) is 3.16. The molecule has 2 aromatic rings. The lowest BCUT2D eigenvalue weighted by Crippen LogP contribution is -2.18. The van der Waals surface area contributed by atoms with Gasteiger partial charge >= 0.3 is 12.1 Å². The van der Waals surface area contributed by atoms with Crippen molar-refractivity contribution in [1.29, 1.82) is 0 Å². The number of nitrogens with zero attached hydrogens (tertiary/aromatic N) is 3. The van der Waals surface area contributed by atoms with E-state index in [0.717, 1.165) is 0 Å². The van der Waals surface area contributed by atoms with Gasteiger partial charge in [0.15, 0.2) is 11.3 Å². The van der Waals surface area contributed by atoms with Gasteiger partial charge in [0.1, 0.15) is 5.56 Å². The predicted molar refractivity (Wildman–Crippen MR) is 69.2 cm³/mol. The quantitative estimate of drug-likeness (QED) is 0.814. The smallest absolute Gasteiger partial charge is 0.434 e. The van der Waals surface area contributed by atoms with Crippen molar-refractivity contribution in [2.75, 3.05) is 6.61 Å². The molecule has 0 aliphatic rings. The Labute approximate surface area is 122 Å². The number of aromatic nitrogens is 3. The van der Waals surface area contributed by atoms with Gasteiger partial charge in [-0.3, -0.25) is 0 Å². The molecule has 0 amide bonds. The molecule has 0 bridgehead atoms. The van der Waals surface area contributed by atoms with Crippen LogP contribution in [0.2, 0.25) is 5.02 Å².